The van der Waals surface area contributed by atoms with Gasteiger partial charge in [0.2, 0.25) is 5.91 Å². The van der Waals surface area contributed by atoms with E-state index in [4.69, 9.17) is 11.6 Å². The van der Waals surface area contributed by atoms with E-state index in [0.717, 1.165) is 11.1 Å². The minimum atomic E-state index is -0.411. The number of rotatable bonds is 4. The molecule has 0 fully saturated rings. The quantitative estimate of drug-likeness (QED) is 0.839. The number of hydrogen-bond donors (Lipinski definition) is 2. The number of anilines is 1. The molecule has 2 amide bonds. The molecule has 5 heteroatoms. The molecule has 0 radical (unpaired) electrons. The molecule has 0 heterocycles. The maximum Gasteiger partial charge on any atom is 0.272 e. The van der Waals surface area contributed by atoms with Gasteiger partial charge in [0.25, 0.3) is 5.91 Å². The van der Waals surface area contributed by atoms with Crippen molar-refractivity contribution in [3.05, 3.63) is 70.4 Å². The Kier molecular flexibility index (Phi) is 5.55. The fraction of sp³-hybridized carbons (Fsp3) is 0.111. The zero-order valence-electron chi connectivity index (χ0n) is 12.9. The predicted octanol–water partition coefficient (Wildman–Crippen LogP) is 3.76. The fourth-order valence-corrected chi connectivity index (χ4v) is 2.21. The van der Waals surface area contributed by atoms with Gasteiger partial charge in [-0.05, 0) is 42.3 Å². The molecule has 0 spiro atoms. The Morgan fingerprint density at radius 2 is 1.83 bits per heavy atom. The highest BCUT2D eigenvalue weighted by molar-refractivity contribution is 6.31. The summed E-state index contributed by atoms with van der Waals surface area (Å²) in [4.78, 5) is 23.8. The average Bonchev–Trinajstić information content (AvgIpc) is 2.48. The first-order valence-electron chi connectivity index (χ1n) is 7.07. The Morgan fingerprint density at radius 3 is 2.48 bits per heavy atom. The Balaban J connectivity index is 2.29. The minimum absolute atomic E-state index is 0.173. The van der Waals surface area contributed by atoms with Gasteiger partial charge in [-0.1, -0.05) is 41.9 Å². The summed E-state index contributed by atoms with van der Waals surface area (Å²) in [7, 11) is 0. The normalized spacial score (nSPS) is 11.0. The van der Waals surface area contributed by atoms with Crippen molar-refractivity contribution in [2.24, 2.45) is 0 Å². The molecule has 0 saturated heterocycles. The second-order valence-electron chi connectivity index (χ2n) is 5.06. The van der Waals surface area contributed by atoms with Gasteiger partial charge in [0.1, 0.15) is 5.70 Å². The van der Waals surface area contributed by atoms with Crippen LogP contribution in [0.5, 0.6) is 0 Å². The van der Waals surface area contributed by atoms with Crippen LogP contribution in [0.2, 0.25) is 5.02 Å². The van der Waals surface area contributed by atoms with E-state index in [2.05, 4.69) is 10.6 Å². The summed E-state index contributed by atoms with van der Waals surface area (Å²) in [5, 5.41) is 5.81. The van der Waals surface area contributed by atoms with Crippen molar-refractivity contribution in [3.63, 3.8) is 0 Å². The van der Waals surface area contributed by atoms with Crippen molar-refractivity contribution < 1.29 is 9.59 Å². The number of nitrogens with one attached hydrogen (secondary N) is 2. The van der Waals surface area contributed by atoms with Crippen LogP contribution in [-0.2, 0) is 9.59 Å². The number of carbonyl (C=O) groups is 2. The molecule has 0 unspecified atom stereocenters. The van der Waals surface area contributed by atoms with Crippen molar-refractivity contribution in [1.82, 2.24) is 5.32 Å². The number of halogens is 1. The molecular weight excluding hydrogens is 312 g/mol. The largest absolute Gasteiger partial charge is 0.322 e. The molecule has 2 aromatic carbocycles. The monoisotopic (exact) mass is 328 g/mol. The first-order chi connectivity index (χ1) is 11.0. The van der Waals surface area contributed by atoms with Gasteiger partial charge >= 0.3 is 0 Å². The van der Waals surface area contributed by atoms with Gasteiger partial charge in [-0.25, -0.2) is 0 Å². The van der Waals surface area contributed by atoms with Gasteiger partial charge in [-0.3, -0.25) is 9.59 Å². The topological polar surface area (TPSA) is 58.2 Å². The number of aryl methyl sites for hydroxylation is 1. The van der Waals surface area contributed by atoms with Crippen molar-refractivity contribution >= 4 is 35.2 Å². The number of benzene rings is 2. The van der Waals surface area contributed by atoms with Crippen LogP contribution in [0.1, 0.15) is 18.1 Å². The maximum absolute atomic E-state index is 12.4. The SMILES string of the molecule is CC(=O)N/C(=C\c1ccccc1C)C(=O)Nc1cccc(Cl)c1. The van der Waals surface area contributed by atoms with E-state index >= 15 is 0 Å². The lowest BCUT2D eigenvalue weighted by atomic mass is 10.1. The van der Waals surface area contributed by atoms with Crippen molar-refractivity contribution in [1.29, 1.82) is 0 Å². The molecule has 2 aromatic rings. The summed E-state index contributed by atoms with van der Waals surface area (Å²) in [6.07, 6.45) is 1.65. The summed E-state index contributed by atoms with van der Waals surface area (Å²) in [5.41, 5.74) is 2.60. The molecular formula is C18H17ClN2O2. The average molecular weight is 329 g/mol. The molecule has 0 aliphatic rings. The minimum Gasteiger partial charge on any atom is -0.322 e. The zero-order chi connectivity index (χ0) is 16.8. The first kappa shape index (κ1) is 16.8. The summed E-state index contributed by atoms with van der Waals surface area (Å²) in [5.74, 6) is -0.725. The second kappa shape index (κ2) is 7.61. The Morgan fingerprint density at radius 1 is 1.09 bits per heavy atom. The van der Waals surface area contributed by atoms with E-state index in [1.165, 1.54) is 6.92 Å². The smallest absolute Gasteiger partial charge is 0.272 e. The zero-order valence-corrected chi connectivity index (χ0v) is 13.6. The molecule has 2 N–H and O–H groups in total. The summed E-state index contributed by atoms with van der Waals surface area (Å²) >= 11 is 5.91. The lowest BCUT2D eigenvalue weighted by Crippen LogP contribution is -2.29. The van der Waals surface area contributed by atoms with Crippen LogP contribution in [0, 0.1) is 6.92 Å². The van der Waals surface area contributed by atoms with Gasteiger partial charge in [-0.2, -0.15) is 0 Å². The van der Waals surface area contributed by atoms with E-state index < -0.39 is 5.91 Å². The van der Waals surface area contributed by atoms with Gasteiger partial charge in [-0.15, -0.1) is 0 Å². The van der Waals surface area contributed by atoms with Gasteiger partial charge < -0.3 is 10.6 Å². The fourth-order valence-electron chi connectivity index (χ4n) is 2.02. The van der Waals surface area contributed by atoms with Crippen LogP contribution in [0.15, 0.2) is 54.2 Å². The van der Waals surface area contributed by atoms with Crippen molar-refractivity contribution in [2.75, 3.05) is 5.32 Å². The van der Waals surface area contributed by atoms with Crippen LogP contribution in [0.25, 0.3) is 6.08 Å². The molecule has 118 valence electrons. The molecule has 0 aliphatic heterocycles. The van der Waals surface area contributed by atoms with Crippen LogP contribution in [0.3, 0.4) is 0 Å². The van der Waals surface area contributed by atoms with Crippen LogP contribution >= 0.6 is 11.6 Å². The molecule has 0 aromatic heterocycles. The van der Waals surface area contributed by atoms with Crippen LogP contribution in [-0.4, -0.2) is 11.8 Å². The van der Waals surface area contributed by atoms with E-state index in [1.807, 2.05) is 31.2 Å². The van der Waals surface area contributed by atoms with E-state index in [1.54, 1.807) is 30.3 Å². The molecule has 0 saturated carbocycles. The van der Waals surface area contributed by atoms with E-state index in [0.29, 0.717) is 10.7 Å². The maximum atomic E-state index is 12.4. The van der Waals surface area contributed by atoms with E-state index in [-0.39, 0.29) is 11.6 Å². The van der Waals surface area contributed by atoms with E-state index in [9.17, 15) is 9.59 Å². The summed E-state index contributed by atoms with van der Waals surface area (Å²) < 4.78 is 0. The van der Waals surface area contributed by atoms with Gasteiger partial charge in [0.15, 0.2) is 0 Å². The van der Waals surface area contributed by atoms with Crippen LogP contribution in [0.4, 0.5) is 5.69 Å². The molecule has 23 heavy (non-hydrogen) atoms. The summed E-state index contributed by atoms with van der Waals surface area (Å²) in [6.45, 7) is 3.30. The first-order valence-corrected chi connectivity index (χ1v) is 7.45. The molecule has 0 aliphatic carbocycles. The highest BCUT2D eigenvalue weighted by Crippen LogP contribution is 2.16. The highest BCUT2D eigenvalue weighted by atomic mass is 35.5. The van der Waals surface area contributed by atoms with Gasteiger partial charge in [0.05, 0.1) is 0 Å². The lowest BCUT2D eigenvalue weighted by Gasteiger charge is -2.11. The number of hydrogen-bond acceptors (Lipinski definition) is 2. The Hall–Kier alpha value is -2.59. The number of carbonyl (C=O) groups excluding carboxylic acids is 2. The molecule has 4 nitrogen and oxygen atoms in total. The third kappa shape index (κ3) is 4.97. The number of amides is 2. The van der Waals surface area contributed by atoms with Gasteiger partial charge in [0, 0.05) is 17.6 Å². The third-order valence-corrected chi connectivity index (χ3v) is 3.36. The molecule has 2 rings (SSSR count). The summed E-state index contributed by atoms with van der Waals surface area (Å²) in [6, 6.07) is 14.4. The standard InChI is InChI=1S/C18H17ClN2O2/c1-12-6-3-4-7-14(12)10-17(20-13(2)22)18(23)21-16-9-5-8-15(19)11-16/h3-11H,1-2H3,(H,20,22)(H,21,23)/b17-10-. The predicted molar refractivity (Wildman–Crippen MR) is 93.1 cm³/mol. The molecule has 0 atom stereocenters. The Bertz CT molecular complexity index is 769. The van der Waals surface area contributed by atoms with Crippen molar-refractivity contribution in [3.8, 4) is 0 Å². The second-order valence-corrected chi connectivity index (χ2v) is 5.50. The Labute approximate surface area is 140 Å². The van der Waals surface area contributed by atoms with Crippen molar-refractivity contribution in [2.45, 2.75) is 13.8 Å². The third-order valence-electron chi connectivity index (χ3n) is 3.13. The molecule has 0 bridgehead atoms. The van der Waals surface area contributed by atoms with Crippen LogP contribution < -0.4 is 10.6 Å². The highest BCUT2D eigenvalue weighted by Gasteiger charge is 2.12. The lowest BCUT2D eigenvalue weighted by molar-refractivity contribution is -0.120.